The predicted molar refractivity (Wildman–Crippen MR) is 133 cm³/mol. The Kier molecular flexibility index (Phi) is 5.24. The van der Waals surface area contributed by atoms with Crippen molar-refractivity contribution < 1.29 is 0 Å². The fourth-order valence-electron chi connectivity index (χ4n) is 3.70. The normalized spacial score (nSPS) is 11.0. The molecule has 30 heavy (non-hydrogen) atoms. The van der Waals surface area contributed by atoms with Crippen molar-refractivity contribution in [3.63, 3.8) is 0 Å². The summed E-state index contributed by atoms with van der Waals surface area (Å²) in [6, 6.07) is 36.0. The molecule has 0 N–H and O–H groups in total. The fourth-order valence-corrected chi connectivity index (χ4v) is 4.23. The largest absolute Gasteiger partial charge is 0.248 e. The highest BCUT2D eigenvalue weighted by Gasteiger charge is 2.11. The minimum Gasteiger partial charge on any atom is -0.248 e. The standard InChI is InChI=1S/C27H17Br2N/c28-22-12-8-19(9-13-22)26-16-21(17-27(30-26)20-10-14-23(29)15-11-20)25-7-3-5-18-4-1-2-6-24(18)25/h1-17H. The summed E-state index contributed by atoms with van der Waals surface area (Å²) in [7, 11) is 0. The molecule has 1 aromatic heterocycles. The van der Waals surface area contributed by atoms with Crippen molar-refractivity contribution in [3.05, 3.63) is 112 Å². The lowest BCUT2D eigenvalue weighted by Crippen LogP contribution is -1.92. The summed E-state index contributed by atoms with van der Waals surface area (Å²) >= 11 is 7.06. The number of halogens is 2. The highest BCUT2D eigenvalue weighted by atomic mass is 79.9. The molecule has 3 heteroatoms. The van der Waals surface area contributed by atoms with Gasteiger partial charge in [-0.25, -0.2) is 4.98 Å². The first kappa shape index (κ1) is 19.2. The van der Waals surface area contributed by atoms with Crippen LogP contribution >= 0.6 is 31.9 Å². The van der Waals surface area contributed by atoms with Gasteiger partial charge in [0.2, 0.25) is 0 Å². The van der Waals surface area contributed by atoms with Gasteiger partial charge in [0.15, 0.2) is 0 Å². The van der Waals surface area contributed by atoms with Gasteiger partial charge in [-0.1, -0.05) is 98.6 Å². The quantitative estimate of drug-likeness (QED) is 0.234. The zero-order valence-electron chi connectivity index (χ0n) is 16.0. The van der Waals surface area contributed by atoms with Gasteiger partial charge in [0.25, 0.3) is 0 Å². The molecule has 5 aromatic rings. The Morgan fingerprint density at radius 3 is 1.63 bits per heavy atom. The second-order valence-corrected chi connectivity index (χ2v) is 9.00. The lowest BCUT2D eigenvalue weighted by atomic mass is 9.96. The van der Waals surface area contributed by atoms with E-state index >= 15 is 0 Å². The first-order valence-corrected chi connectivity index (χ1v) is 11.3. The van der Waals surface area contributed by atoms with Crippen molar-refractivity contribution in [3.8, 4) is 33.6 Å². The Balaban J connectivity index is 1.75. The number of aromatic nitrogens is 1. The third-order valence-electron chi connectivity index (χ3n) is 5.21. The van der Waals surface area contributed by atoms with Crippen LogP contribution in [0.2, 0.25) is 0 Å². The monoisotopic (exact) mass is 513 g/mol. The van der Waals surface area contributed by atoms with Gasteiger partial charge in [-0.15, -0.1) is 0 Å². The maximum Gasteiger partial charge on any atom is 0.0715 e. The van der Waals surface area contributed by atoms with E-state index in [9.17, 15) is 0 Å². The van der Waals surface area contributed by atoms with E-state index in [4.69, 9.17) is 4.98 Å². The van der Waals surface area contributed by atoms with E-state index in [1.165, 1.54) is 16.3 Å². The van der Waals surface area contributed by atoms with Crippen LogP contribution in [0.15, 0.2) is 112 Å². The molecule has 0 aliphatic carbocycles. The van der Waals surface area contributed by atoms with Crippen molar-refractivity contribution >= 4 is 42.6 Å². The van der Waals surface area contributed by atoms with Gasteiger partial charge < -0.3 is 0 Å². The minimum absolute atomic E-state index is 0.964. The molecule has 0 aliphatic rings. The Morgan fingerprint density at radius 1 is 0.500 bits per heavy atom. The van der Waals surface area contributed by atoms with Crippen LogP contribution in [0, 0.1) is 0 Å². The average molecular weight is 515 g/mol. The summed E-state index contributed by atoms with van der Waals surface area (Å²) < 4.78 is 2.12. The summed E-state index contributed by atoms with van der Waals surface area (Å²) in [6.07, 6.45) is 0. The number of hydrogen-bond donors (Lipinski definition) is 0. The Hall–Kier alpha value is -2.75. The molecule has 4 aromatic carbocycles. The number of nitrogens with zero attached hydrogens (tertiary/aromatic N) is 1. The highest BCUT2D eigenvalue weighted by molar-refractivity contribution is 9.10. The first-order chi connectivity index (χ1) is 14.7. The van der Waals surface area contributed by atoms with Crippen molar-refractivity contribution in [1.82, 2.24) is 4.98 Å². The van der Waals surface area contributed by atoms with Crippen molar-refractivity contribution in [2.75, 3.05) is 0 Å². The molecule has 0 fully saturated rings. The number of fused-ring (bicyclic) bond motifs is 1. The highest BCUT2D eigenvalue weighted by Crippen LogP contribution is 2.34. The van der Waals surface area contributed by atoms with Gasteiger partial charge >= 0.3 is 0 Å². The molecule has 0 amide bonds. The Labute approximate surface area is 192 Å². The van der Waals surface area contributed by atoms with Crippen molar-refractivity contribution in [2.24, 2.45) is 0 Å². The zero-order valence-corrected chi connectivity index (χ0v) is 19.2. The van der Waals surface area contributed by atoms with Crippen LogP contribution in [0.1, 0.15) is 0 Å². The third kappa shape index (κ3) is 3.83. The maximum absolute atomic E-state index is 5.01. The van der Waals surface area contributed by atoms with Gasteiger partial charge in [0, 0.05) is 20.1 Å². The molecule has 0 atom stereocenters. The molecule has 0 unspecified atom stereocenters. The van der Waals surface area contributed by atoms with Crippen LogP contribution in [0.25, 0.3) is 44.4 Å². The molecule has 0 saturated heterocycles. The SMILES string of the molecule is Brc1ccc(-c2cc(-c3cccc4ccccc34)cc(-c3ccc(Br)cc3)n2)cc1. The minimum atomic E-state index is 0.964. The van der Waals surface area contributed by atoms with Gasteiger partial charge in [0.05, 0.1) is 11.4 Å². The lowest BCUT2D eigenvalue weighted by molar-refractivity contribution is 1.32. The number of hydrogen-bond acceptors (Lipinski definition) is 1. The van der Waals surface area contributed by atoms with Crippen LogP contribution in [-0.4, -0.2) is 4.98 Å². The molecule has 144 valence electrons. The maximum atomic E-state index is 5.01. The topological polar surface area (TPSA) is 12.9 Å². The summed E-state index contributed by atoms with van der Waals surface area (Å²) in [5.41, 5.74) is 6.50. The molecular weight excluding hydrogens is 498 g/mol. The van der Waals surface area contributed by atoms with E-state index in [0.29, 0.717) is 0 Å². The molecule has 0 radical (unpaired) electrons. The molecule has 0 spiro atoms. The third-order valence-corrected chi connectivity index (χ3v) is 6.26. The molecule has 1 nitrogen and oxygen atoms in total. The molecular formula is C27H17Br2N. The number of pyridine rings is 1. The van der Waals surface area contributed by atoms with Crippen LogP contribution < -0.4 is 0 Å². The summed E-state index contributed by atoms with van der Waals surface area (Å²) in [4.78, 5) is 5.01. The fraction of sp³-hybridized carbons (Fsp3) is 0. The lowest BCUT2D eigenvalue weighted by Gasteiger charge is -2.12. The molecule has 0 saturated carbocycles. The first-order valence-electron chi connectivity index (χ1n) is 9.69. The van der Waals surface area contributed by atoms with E-state index in [1.807, 2.05) is 0 Å². The van der Waals surface area contributed by atoms with Crippen LogP contribution in [-0.2, 0) is 0 Å². The average Bonchev–Trinajstić information content (AvgIpc) is 2.79. The second-order valence-electron chi connectivity index (χ2n) is 7.17. The predicted octanol–water partition coefficient (Wildman–Crippen LogP) is 8.76. The van der Waals surface area contributed by atoms with E-state index < -0.39 is 0 Å². The molecule has 0 aliphatic heterocycles. The van der Waals surface area contributed by atoms with Crippen LogP contribution in [0.5, 0.6) is 0 Å². The second kappa shape index (κ2) is 8.17. The van der Waals surface area contributed by atoms with E-state index in [0.717, 1.165) is 37.0 Å². The molecule has 1 heterocycles. The Bertz CT molecular complexity index is 1270. The van der Waals surface area contributed by atoms with E-state index in [1.54, 1.807) is 0 Å². The Morgan fingerprint density at radius 2 is 1.03 bits per heavy atom. The van der Waals surface area contributed by atoms with Crippen LogP contribution in [0.3, 0.4) is 0 Å². The van der Waals surface area contributed by atoms with Crippen molar-refractivity contribution in [2.45, 2.75) is 0 Å². The van der Waals surface area contributed by atoms with E-state index in [2.05, 4.69) is 135 Å². The van der Waals surface area contributed by atoms with Gasteiger partial charge in [0.1, 0.15) is 0 Å². The van der Waals surface area contributed by atoms with Gasteiger partial charge in [-0.2, -0.15) is 0 Å². The van der Waals surface area contributed by atoms with Gasteiger partial charge in [-0.05, 0) is 58.3 Å². The van der Waals surface area contributed by atoms with Crippen molar-refractivity contribution in [1.29, 1.82) is 0 Å². The number of benzene rings is 4. The molecule has 0 bridgehead atoms. The summed E-state index contributed by atoms with van der Waals surface area (Å²) in [5, 5.41) is 2.48. The van der Waals surface area contributed by atoms with Crippen LogP contribution in [0.4, 0.5) is 0 Å². The molecule has 5 rings (SSSR count). The van der Waals surface area contributed by atoms with Gasteiger partial charge in [-0.3, -0.25) is 0 Å². The number of rotatable bonds is 3. The summed E-state index contributed by atoms with van der Waals surface area (Å²) in [6.45, 7) is 0. The summed E-state index contributed by atoms with van der Waals surface area (Å²) in [5.74, 6) is 0. The van der Waals surface area contributed by atoms with E-state index in [-0.39, 0.29) is 0 Å². The zero-order chi connectivity index (χ0) is 20.5. The smallest absolute Gasteiger partial charge is 0.0715 e.